The van der Waals surface area contributed by atoms with Crippen molar-refractivity contribution in [3.05, 3.63) is 64.7 Å². The van der Waals surface area contributed by atoms with Gasteiger partial charge in [0.15, 0.2) is 0 Å². The van der Waals surface area contributed by atoms with Crippen molar-refractivity contribution in [1.29, 1.82) is 0 Å². The summed E-state index contributed by atoms with van der Waals surface area (Å²) >= 11 is 6.41. The minimum absolute atomic E-state index is 0.00727. The lowest BCUT2D eigenvalue weighted by atomic mass is 9.48. The number of carbonyl (C=O) groups excluding carboxylic acids is 1. The molecule has 0 radical (unpaired) electrons. The van der Waals surface area contributed by atoms with Crippen molar-refractivity contribution in [3.63, 3.8) is 0 Å². The highest BCUT2D eigenvalue weighted by Crippen LogP contribution is 2.61. The molecule has 4 aliphatic rings. The first-order chi connectivity index (χ1) is 16.5. The molecule has 4 fully saturated rings. The molecule has 7 rings (SSSR count). The summed E-state index contributed by atoms with van der Waals surface area (Å²) < 4.78 is 3.78. The second kappa shape index (κ2) is 8.26. The minimum atomic E-state index is 0.00727. The number of hydrogen-bond acceptors (Lipinski definition) is 3. The molecule has 1 amide bonds. The molecular weight excluding hydrogens is 446 g/mol. The minimum Gasteiger partial charge on any atom is -0.336 e. The fraction of sp³-hybridized carbons (Fsp3) is 0.519. The molecule has 7 heteroatoms. The Morgan fingerprint density at radius 1 is 1.12 bits per heavy atom. The van der Waals surface area contributed by atoms with Crippen LogP contribution in [0.25, 0.3) is 5.69 Å². The van der Waals surface area contributed by atoms with Gasteiger partial charge in [0.05, 0.1) is 40.4 Å². The van der Waals surface area contributed by atoms with Gasteiger partial charge >= 0.3 is 0 Å². The number of rotatable bonds is 6. The topological polar surface area (TPSA) is 56.0 Å². The lowest BCUT2D eigenvalue weighted by Crippen LogP contribution is -2.49. The third-order valence-corrected chi connectivity index (χ3v) is 8.75. The maximum Gasteiger partial charge on any atom is 0.257 e. The molecule has 178 valence electrons. The third kappa shape index (κ3) is 3.58. The molecule has 0 unspecified atom stereocenters. The molecule has 4 aliphatic carbocycles. The van der Waals surface area contributed by atoms with E-state index >= 15 is 0 Å². The van der Waals surface area contributed by atoms with Crippen molar-refractivity contribution in [1.82, 2.24) is 24.5 Å². The monoisotopic (exact) mass is 477 g/mol. The standard InChI is InChI=1S/C27H32ClN5O/c1-3-32-24(23(28)15-29-32)17-31(2)26(34)22-16-33(21-7-5-4-6-8-21)30-25(22)27-12-18-9-19(13-27)11-20(10-18)14-27/h4-8,15-16,18-20H,3,9-14,17H2,1-2H3. The summed E-state index contributed by atoms with van der Waals surface area (Å²) in [6, 6.07) is 10.1. The van der Waals surface area contributed by atoms with E-state index in [1.807, 2.05) is 59.9 Å². The number of aromatic nitrogens is 4. The van der Waals surface area contributed by atoms with Crippen LogP contribution in [-0.4, -0.2) is 37.4 Å². The molecule has 34 heavy (non-hydrogen) atoms. The van der Waals surface area contributed by atoms with Gasteiger partial charge in [-0.1, -0.05) is 29.8 Å². The molecule has 0 atom stereocenters. The van der Waals surface area contributed by atoms with Gasteiger partial charge in [0.2, 0.25) is 0 Å². The second-order valence-corrected chi connectivity index (χ2v) is 11.2. The number of benzene rings is 1. The van der Waals surface area contributed by atoms with Crippen LogP contribution in [0.5, 0.6) is 0 Å². The largest absolute Gasteiger partial charge is 0.336 e. The van der Waals surface area contributed by atoms with Gasteiger partial charge in [0, 0.05) is 25.2 Å². The molecule has 0 saturated heterocycles. The van der Waals surface area contributed by atoms with Crippen molar-refractivity contribution in [2.75, 3.05) is 7.05 Å². The maximum absolute atomic E-state index is 13.9. The highest BCUT2D eigenvalue weighted by Gasteiger charge is 2.54. The number of amides is 1. The predicted octanol–water partition coefficient (Wildman–Crippen LogP) is 5.48. The zero-order valence-electron chi connectivity index (χ0n) is 20.0. The molecule has 0 spiro atoms. The smallest absolute Gasteiger partial charge is 0.257 e. The van der Waals surface area contributed by atoms with Crippen LogP contribution in [-0.2, 0) is 18.5 Å². The van der Waals surface area contributed by atoms with Crippen molar-refractivity contribution in [2.45, 2.75) is 64.0 Å². The maximum atomic E-state index is 13.9. The Balaban J connectivity index is 1.39. The van der Waals surface area contributed by atoms with Gasteiger partial charge in [0.25, 0.3) is 5.91 Å². The summed E-state index contributed by atoms with van der Waals surface area (Å²) in [7, 11) is 1.86. The molecule has 0 aliphatic heterocycles. The highest BCUT2D eigenvalue weighted by molar-refractivity contribution is 6.31. The molecule has 2 heterocycles. The fourth-order valence-corrected chi connectivity index (χ4v) is 7.56. The lowest BCUT2D eigenvalue weighted by molar-refractivity contribution is -0.00783. The molecule has 1 aromatic carbocycles. The number of para-hydroxylation sites is 1. The Labute approximate surface area is 205 Å². The van der Waals surface area contributed by atoms with E-state index in [4.69, 9.17) is 16.7 Å². The fourth-order valence-electron chi connectivity index (χ4n) is 7.36. The number of hydrogen-bond donors (Lipinski definition) is 0. The van der Waals surface area contributed by atoms with Crippen molar-refractivity contribution < 1.29 is 4.79 Å². The lowest BCUT2D eigenvalue weighted by Gasteiger charge is -2.56. The number of aryl methyl sites for hydroxylation is 1. The summed E-state index contributed by atoms with van der Waals surface area (Å²) in [6.45, 7) is 3.17. The van der Waals surface area contributed by atoms with E-state index < -0.39 is 0 Å². The molecule has 2 aromatic heterocycles. The van der Waals surface area contributed by atoms with Gasteiger partial charge in [-0.25, -0.2) is 4.68 Å². The molecule has 4 bridgehead atoms. The first-order valence-electron chi connectivity index (χ1n) is 12.6. The van der Waals surface area contributed by atoms with E-state index in [0.717, 1.165) is 40.4 Å². The van der Waals surface area contributed by atoms with Crippen LogP contribution in [0.3, 0.4) is 0 Å². The molecule has 6 nitrogen and oxygen atoms in total. The van der Waals surface area contributed by atoms with E-state index in [1.165, 1.54) is 38.5 Å². The molecule has 0 N–H and O–H groups in total. The molecule has 4 saturated carbocycles. The van der Waals surface area contributed by atoms with Crippen LogP contribution in [0.1, 0.15) is 67.2 Å². The summed E-state index contributed by atoms with van der Waals surface area (Å²) in [5.74, 6) is 2.36. The van der Waals surface area contributed by atoms with Gasteiger partial charge in [0.1, 0.15) is 0 Å². The third-order valence-electron chi connectivity index (χ3n) is 8.44. The van der Waals surface area contributed by atoms with Crippen LogP contribution in [0.4, 0.5) is 0 Å². The SMILES string of the molecule is CCn1ncc(Cl)c1CN(C)C(=O)c1cn(-c2ccccc2)nc1C12CC3CC(CC(C3)C1)C2. The summed E-state index contributed by atoms with van der Waals surface area (Å²) in [5.41, 5.74) is 3.65. The number of nitrogens with zero attached hydrogens (tertiary/aromatic N) is 5. The van der Waals surface area contributed by atoms with E-state index in [2.05, 4.69) is 5.10 Å². The van der Waals surface area contributed by atoms with Crippen molar-refractivity contribution >= 4 is 17.5 Å². The highest BCUT2D eigenvalue weighted by atomic mass is 35.5. The van der Waals surface area contributed by atoms with Crippen LogP contribution in [0, 0.1) is 17.8 Å². The van der Waals surface area contributed by atoms with Gasteiger partial charge < -0.3 is 4.90 Å². The summed E-state index contributed by atoms with van der Waals surface area (Å²) in [4.78, 5) is 15.7. The molecule has 3 aromatic rings. The quantitative estimate of drug-likeness (QED) is 0.472. The number of carbonyl (C=O) groups is 1. The zero-order chi connectivity index (χ0) is 23.4. The Bertz CT molecular complexity index is 1180. The Morgan fingerprint density at radius 3 is 2.38 bits per heavy atom. The van der Waals surface area contributed by atoms with Crippen LogP contribution in [0.15, 0.2) is 42.7 Å². The van der Waals surface area contributed by atoms with Gasteiger partial charge in [-0.05, 0) is 75.3 Å². The molecular formula is C27H32ClN5O. The average Bonchev–Trinajstić information content (AvgIpc) is 3.43. The first kappa shape index (κ1) is 21.9. The second-order valence-electron chi connectivity index (χ2n) is 10.8. The van der Waals surface area contributed by atoms with Crippen LogP contribution >= 0.6 is 11.6 Å². The van der Waals surface area contributed by atoms with Gasteiger partial charge in [-0.15, -0.1) is 0 Å². The van der Waals surface area contributed by atoms with Crippen LogP contribution in [0.2, 0.25) is 5.02 Å². The Kier molecular flexibility index (Phi) is 5.32. The summed E-state index contributed by atoms with van der Waals surface area (Å²) in [6.07, 6.45) is 11.2. The average molecular weight is 478 g/mol. The van der Waals surface area contributed by atoms with Gasteiger partial charge in [-0.2, -0.15) is 10.2 Å². The summed E-state index contributed by atoms with van der Waals surface area (Å²) in [5, 5.41) is 10.1. The Hall–Kier alpha value is -2.60. The van der Waals surface area contributed by atoms with Gasteiger partial charge in [-0.3, -0.25) is 9.48 Å². The zero-order valence-corrected chi connectivity index (χ0v) is 20.7. The predicted molar refractivity (Wildman–Crippen MR) is 132 cm³/mol. The van der Waals surface area contributed by atoms with Crippen molar-refractivity contribution in [2.24, 2.45) is 17.8 Å². The first-order valence-corrected chi connectivity index (χ1v) is 12.9. The van der Waals surface area contributed by atoms with E-state index in [9.17, 15) is 4.79 Å². The van der Waals surface area contributed by atoms with Crippen molar-refractivity contribution in [3.8, 4) is 5.69 Å². The normalized spacial score (nSPS) is 27.3. The van der Waals surface area contributed by atoms with Crippen LogP contribution < -0.4 is 0 Å². The van der Waals surface area contributed by atoms with E-state index in [1.54, 1.807) is 11.1 Å². The number of halogens is 1. The van der Waals surface area contributed by atoms with E-state index in [-0.39, 0.29) is 11.3 Å². The Morgan fingerprint density at radius 2 is 1.76 bits per heavy atom. The van der Waals surface area contributed by atoms with E-state index in [0.29, 0.717) is 18.1 Å².